The lowest BCUT2D eigenvalue weighted by Gasteiger charge is -2.24. The van der Waals surface area contributed by atoms with Crippen LogP contribution in [0.4, 0.5) is 5.69 Å². The monoisotopic (exact) mass is 542 g/mol. The second kappa shape index (κ2) is 10.1. The zero-order valence-corrected chi connectivity index (χ0v) is 20.2. The summed E-state index contributed by atoms with van der Waals surface area (Å²) in [5.41, 5.74) is -0.474. The largest absolute Gasteiger partial charge is 0.456 e. The molecule has 0 saturated heterocycles. The Labute approximate surface area is 208 Å². The molecule has 14 heteroatoms. The summed E-state index contributed by atoms with van der Waals surface area (Å²) >= 11 is 11.9. The van der Waals surface area contributed by atoms with Crippen molar-refractivity contribution in [2.24, 2.45) is 0 Å². The van der Waals surface area contributed by atoms with Crippen LogP contribution in [0.25, 0.3) is 0 Å². The van der Waals surface area contributed by atoms with Crippen molar-refractivity contribution in [1.29, 1.82) is 0 Å². The third kappa shape index (κ3) is 5.84. The highest BCUT2D eigenvalue weighted by Crippen LogP contribution is 2.33. The van der Waals surface area contributed by atoms with Crippen LogP contribution >= 0.6 is 23.2 Å². The van der Waals surface area contributed by atoms with Gasteiger partial charge in [-0.2, -0.15) is 0 Å². The second-order valence-electron chi connectivity index (χ2n) is 7.56. The van der Waals surface area contributed by atoms with E-state index in [9.17, 15) is 37.7 Å². The molecule has 0 unspecified atom stereocenters. The number of rotatable bonds is 9. The average Bonchev–Trinajstić information content (AvgIpc) is 3.01. The van der Waals surface area contributed by atoms with Gasteiger partial charge in [0.15, 0.2) is 12.4 Å². The number of nitro groups is 1. The minimum Gasteiger partial charge on any atom is -0.456 e. The Kier molecular flexibility index (Phi) is 7.58. The number of carbonyl (C=O) groups excluding carboxylic acids is 4. The third-order valence-corrected chi connectivity index (χ3v) is 6.75. The van der Waals surface area contributed by atoms with Crippen molar-refractivity contribution >= 4 is 62.3 Å². The predicted molar refractivity (Wildman–Crippen MR) is 123 cm³/mol. The van der Waals surface area contributed by atoms with Crippen LogP contribution in [-0.2, 0) is 19.4 Å². The third-order valence-electron chi connectivity index (χ3n) is 5.05. The number of esters is 1. The van der Waals surface area contributed by atoms with Crippen molar-refractivity contribution in [2.45, 2.75) is 12.5 Å². The molecule has 0 bridgehead atoms. The second-order valence-corrected chi connectivity index (χ2v) is 10.6. The Morgan fingerprint density at radius 1 is 1.06 bits per heavy atom. The minimum atomic E-state index is -3.60. The topological polar surface area (TPSA) is 158 Å². The van der Waals surface area contributed by atoms with Crippen LogP contribution in [0.1, 0.15) is 37.5 Å². The number of amides is 2. The molecule has 1 aliphatic heterocycles. The molecule has 0 fully saturated rings. The molecule has 1 aliphatic rings. The minimum absolute atomic E-state index is 0.00243. The Bertz CT molecular complexity index is 1320. The van der Waals surface area contributed by atoms with E-state index in [1.54, 1.807) is 0 Å². The lowest BCUT2D eigenvalue weighted by atomic mass is 10.1. The highest BCUT2D eigenvalue weighted by molar-refractivity contribution is 7.90. The Morgan fingerprint density at radius 3 is 2.03 bits per heavy atom. The lowest BCUT2D eigenvalue weighted by Crippen LogP contribution is -2.46. The fourth-order valence-electron chi connectivity index (χ4n) is 3.30. The molecule has 184 valence electrons. The van der Waals surface area contributed by atoms with Crippen molar-refractivity contribution in [3.63, 3.8) is 0 Å². The van der Waals surface area contributed by atoms with Crippen LogP contribution in [0.2, 0.25) is 10.0 Å². The maximum absolute atomic E-state index is 12.9. The van der Waals surface area contributed by atoms with Gasteiger partial charge in [-0.3, -0.25) is 29.4 Å². The molecule has 0 saturated carbocycles. The first-order chi connectivity index (χ1) is 16.3. The van der Waals surface area contributed by atoms with Crippen molar-refractivity contribution in [3.05, 3.63) is 73.2 Å². The maximum Gasteiger partial charge on any atom is 0.329 e. The number of ether oxygens (including phenoxy) is 1. The molecule has 11 nitrogen and oxygen atoms in total. The molecule has 0 aromatic heterocycles. The van der Waals surface area contributed by atoms with E-state index in [0.29, 0.717) is 4.90 Å². The molecule has 3 rings (SSSR count). The highest BCUT2D eigenvalue weighted by Gasteiger charge is 2.44. The normalized spacial score (nSPS) is 14.0. The van der Waals surface area contributed by atoms with Crippen LogP contribution in [0.5, 0.6) is 0 Å². The number of benzene rings is 2. The first kappa shape index (κ1) is 26.3. The molecule has 1 atom stereocenters. The van der Waals surface area contributed by atoms with Crippen molar-refractivity contribution in [3.8, 4) is 0 Å². The zero-order chi connectivity index (χ0) is 26.1. The van der Waals surface area contributed by atoms with Gasteiger partial charge in [-0.25, -0.2) is 13.2 Å². The predicted octanol–water partition coefficient (Wildman–Crippen LogP) is 2.73. The van der Waals surface area contributed by atoms with E-state index in [1.807, 2.05) is 0 Å². The molecular formula is C21H16Cl2N2O9S. The van der Waals surface area contributed by atoms with E-state index >= 15 is 0 Å². The molecule has 1 heterocycles. The van der Waals surface area contributed by atoms with Gasteiger partial charge >= 0.3 is 5.97 Å². The molecule has 35 heavy (non-hydrogen) atoms. The lowest BCUT2D eigenvalue weighted by molar-refractivity contribution is -0.384. The number of non-ortho nitro benzene ring substituents is 1. The van der Waals surface area contributed by atoms with Gasteiger partial charge in [-0.15, -0.1) is 0 Å². The van der Waals surface area contributed by atoms with Crippen LogP contribution in [0, 0.1) is 10.1 Å². The molecular weight excluding hydrogens is 527 g/mol. The number of ketones is 1. The number of nitro benzene ring substituents is 1. The van der Waals surface area contributed by atoms with E-state index < -0.39 is 63.1 Å². The SMILES string of the molecule is CS(=O)(=O)CC[C@@H](C(=O)OCC(=O)c1ccc([N+](=O)[O-])cc1)N1C(=O)c2cc(Cl)c(Cl)cc2C1=O. The van der Waals surface area contributed by atoms with E-state index in [0.717, 1.165) is 30.5 Å². The molecule has 0 N–H and O–H groups in total. The summed E-state index contributed by atoms with van der Waals surface area (Å²) in [5.74, 6) is -4.26. The molecule has 2 aromatic carbocycles. The van der Waals surface area contributed by atoms with Gasteiger partial charge in [0.05, 0.1) is 31.8 Å². The number of nitrogens with zero attached hydrogens (tertiary/aromatic N) is 2. The van der Waals surface area contributed by atoms with Crippen LogP contribution in [-0.4, -0.2) is 66.5 Å². The van der Waals surface area contributed by atoms with Gasteiger partial charge in [0.25, 0.3) is 17.5 Å². The summed E-state index contributed by atoms with van der Waals surface area (Å²) < 4.78 is 28.4. The van der Waals surface area contributed by atoms with E-state index in [2.05, 4.69) is 0 Å². The summed E-state index contributed by atoms with van der Waals surface area (Å²) in [6, 6.07) is 5.21. The molecule has 0 radical (unpaired) electrons. The smallest absolute Gasteiger partial charge is 0.329 e. The first-order valence-corrected chi connectivity index (χ1v) is 12.6. The zero-order valence-electron chi connectivity index (χ0n) is 17.9. The summed E-state index contributed by atoms with van der Waals surface area (Å²) in [7, 11) is -3.60. The summed E-state index contributed by atoms with van der Waals surface area (Å²) in [4.78, 5) is 61.7. The number of Topliss-reactive ketones (excluding diaryl/α,β-unsaturated/α-hetero) is 1. The van der Waals surface area contributed by atoms with Gasteiger partial charge in [0.1, 0.15) is 15.9 Å². The van der Waals surface area contributed by atoms with Crippen LogP contribution < -0.4 is 0 Å². The number of hydrogen-bond acceptors (Lipinski definition) is 9. The summed E-state index contributed by atoms with van der Waals surface area (Å²) in [6.07, 6.45) is 0.436. The Balaban J connectivity index is 1.82. The summed E-state index contributed by atoms with van der Waals surface area (Å²) in [6.45, 7) is -0.813. The van der Waals surface area contributed by atoms with Gasteiger partial charge in [-0.1, -0.05) is 23.2 Å². The van der Waals surface area contributed by atoms with Crippen LogP contribution in [0.15, 0.2) is 36.4 Å². The van der Waals surface area contributed by atoms with E-state index in [1.165, 1.54) is 12.1 Å². The summed E-state index contributed by atoms with van der Waals surface area (Å²) in [5, 5.41) is 10.7. The van der Waals surface area contributed by atoms with Gasteiger partial charge in [-0.05, 0) is 30.7 Å². The average molecular weight is 543 g/mol. The van der Waals surface area contributed by atoms with E-state index in [4.69, 9.17) is 27.9 Å². The Hall–Kier alpha value is -3.35. The molecule has 0 spiro atoms. The highest BCUT2D eigenvalue weighted by atomic mass is 35.5. The van der Waals surface area contributed by atoms with Crippen molar-refractivity contribution in [1.82, 2.24) is 4.90 Å². The molecule has 0 aliphatic carbocycles. The van der Waals surface area contributed by atoms with E-state index in [-0.39, 0.29) is 32.4 Å². The molecule has 2 amide bonds. The fourth-order valence-corrected chi connectivity index (χ4v) is 4.28. The van der Waals surface area contributed by atoms with Gasteiger partial charge < -0.3 is 4.74 Å². The van der Waals surface area contributed by atoms with Crippen molar-refractivity contribution in [2.75, 3.05) is 18.6 Å². The Morgan fingerprint density at radius 2 is 1.57 bits per heavy atom. The first-order valence-electron chi connectivity index (χ1n) is 9.79. The number of halogens is 2. The quantitative estimate of drug-likeness (QED) is 0.152. The number of carbonyl (C=O) groups is 4. The molecule has 2 aromatic rings. The van der Waals surface area contributed by atoms with Gasteiger partial charge in [0, 0.05) is 24.0 Å². The fraction of sp³-hybridized carbons (Fsp3) is 0.238. The number of sulfone groups is 1. The number of hydrogen-bond donors (Lipinski definition) is 0. The maximum atomic E-state index is 12.9. The standard InChI is InChI=1S/C21H16Cl2N2O9S/c1-35(32,33)7-6-17(24-19(27)13-8-15(22)16(23)9-14(13)20(24)28)21(29)34-10-18(26)11-2-4-12(5-3-11)25(30)31/h2-5,8-9,17H,6-7,10H2,1H3/t17-/m0/s1. The van der Waals surface area contributed by atoms with Gasteiger partial charge in [0.2, 0.25) is 0 Å². The number of fused-ring (bicyclic) bond motifs is 1. The van der Waals surface area contributed by atoms with Crippen LogP contribution in [0.3, 0.4) is 0 Å². The van der Waals surface area contributed by atoms with Crippen molar-refractivity contribution < 1.29 is 37.3 Å². The number of imide groups is 1.